The molecule has 8 nitrogen and oxygen atoms in total. The van der Waals surface area contributed by atoms with Crippen LogP contribution in [0.4, 0.5) is 0 Å². The van der Waals surface area contributed by atoms with Crippen molar-refractivity contribution < 1.29 is 9.59 Å². The number of nitrogens with zero attached hydrogens (tertiary/aromatic N) is 6. The van der Waals surface area contributed by atoms with Crippen molar-refractivity contribution in [1.82, 2.24) is 0 Å². The van der Waals surface area contributed by atoms with Crippen molar-refractivity contribution in [2.45, 2.75) is 0 Å². The quantitative estimate of drug-likeness (QED) is 0.282. The molecule has 0 fully saturated rings. The van der Waals surface area contributed by atoms with E-state index >= 15 is 0 Å². The molecule has 0 amide bonds. The molecule has 0 aromatic heterocycles. The van der Waals surface area contributed by atoms with Crippen LogP contribution in [0.25, 0.3) is 20.9 Å². The predicted octanol–water partition coefficient (Wildman–Crippen LogP) is 1.53. The lowest BCUT2D eigenvalue weighted by Gasteiger charge is -2.02. The average molecular weight is 190 g/mol. The second-order valence-electron chi connectivity index (χ2n) is 2.17. The highest BCUT2D eigenvalue weighted by Gasteiger charge is 2.17. The summed E-state index contributed by atoms with van der Waals surface area (Å²) in [5, 5.41) is 6.00. The Labute approximate surface area is 76.8 Å². The minimum Gasteiger partial charge on any atom is -0.289 e. The molecule has 0 aliphatic heterocycles. The Balaban J connectivity index is 3.13. The van der Waals surface area contributed by atoms with E-state index in [2.05, 4.69) is 20.1 Å². The molecular formula is C6H2N6O2. The molecule has 0 unspecified atom stereocenters. The maximum Gasteiger partial charge on any atom is 0.188 e. The average Bonchev–Trinajstić information content (AvgIpc) is 2.14. The summed E-state index contributed by atoms with van der Waals surface area (Å²) in [6, 6.07) is 0. The number of ketones is 2. The third-order valence-electron chi connectivity index (χ3n) is 1.35. The Morgan fingerprint density at radius 3 is 1.57 bits per heavy atom. The molecule has 14 heavy (non-hydrogen) atoms. The highest BCUT2D eigenvalue weighted by atomic mass is 16.1. The van der Waals surface area contributed by atoms with Gasteiger partial charge in [0.05, 0.1) is 11.4 Å². The topological polar surface area (TPSA) is 132 Å². The number of allylic oxidation sites excluding steroid dienone is 2. The van der Waals surface area contributed by atoms with Crippen molar-refractivity contribution in [1.29, 1.82) is 0 Å². The molecule has 0 N–H and O–H groups in total. The maximum absolute atomic E-state index is 11.1. The number of hydrogen-bond donors (Lipinski definition) is 0. The third kappa shape index (κ3) is 1.78. The third-order valence-corrected chi connectivity index (χ3v) is 1.35. The van der Waals surface area contributed by atoms with Gasteiger partial charge in [-0.2, -0.15) is 0 Å². The number of carbonyl (C=O) groups is 2. The summed E-state index contributed by atoms with van der Waals surface area (Å²) in [6.45, 7) is 0. The Bertz CT molecular complexity index is 417. The van der Waals surface area contributed by atoms with Crippen molar-refractivity contribution in [2.75, 3.05) is 0 Å². The van der Waals surface area contributed by atoms with Crippen molar-refractivity contribution in [3.8, 4) is 0 Å². The normalized spacial score (nSPS) is 14.9. The van der Waals surface area contributed by atoms with Crippen LogP contribution in [-0.2, 0) is 9.59 Å². The van der Waals surface area contributed by atoms with E-state index in [4.69, 9.17) is 11.1 Å². The summed E-state index contributed by atoms with van der Waals surface area (Å²) in [4.78, 5) is 26.9. The van der Waals surface area contributed by atoms with Crippen LogP contribution in [-0.4, -0.2) is 11.6 Å². The fraction of sp³-hybridized carbons (Fsp3) is 0. The van der Waals surface area contributed by atoms with Gasteiger partial charge >= 0.3 is 0 Å². The number of hydrogen-bond acceptors (Lipinski definition) is 4. The van der Waals surface area contributed by atoms with Crippen LogP contribution in [0.15, 0.2) is 33.8 Å². The molecule has 0 spiro atoms. The molecule has 0 bridgehead atoms. The highest BCUT2D eigenvalue weighted by molar-refractivity contribution is 6.19. The van der Waals surface area contributed by atoms with Gasteiger partial charge in [-0.05, 0) is 23.2 Å². The van der Waals surface area contributed by atoms with Crippen LogP contribution in [0, 0.1) is 0 Å². The largest absolute Gasteiger partial charge is 0.289 e. The SMILES string of the molecule is [N-]=[N+]=NC1=CC(=O)C(N=[N+]=[N-])=CC1=O. The fourth-order valence-electron chi connectivity index (χ4n) is 0.791. The molecule has 0 heterocycles. The van der Waals surface area contributed by atoms with Gasteiger partial charge in [-0.15, -0.1) is 0 Å². The van der Waals surface area contributed by atoms with Crippen LogP contribution < -0.4 is 0 Å². The molecule has 0 saturated heterocycles. The van der Waals surface area contributed by atoms with Gasteiger partial charge in [-0.25, -0.2) is 0 Å². The van der Waals surface area contributed by atoms with Crippen molar-refractivity contribution in [3.63, 3.8) is 0 Å². The lowest BCUT2D eigenvalue weighted by Crippen LogP contribution is -2.10. The molecule has 1 rings (SSSR count). The monoisotopic (exact) mass is 190 g/mol. The second kappa shape index (κ2) is 3.90. The first-order chi connectivity index (χ1) is 6.69. The summed E-state index contributed by atoms with van der Waals surface area (Å²) in [5.41, 5.74) is 15.5. The lowest BCUT2D eigenvalue weighted by atomic mass is 10.1. The van der Waals surface area contributed by atoms with E-state index in [-0.39, 0.29) is 11.4 Å². The minimum atomic E-state index is -0.662. The van der Waals surface area contributed by atoms with E-state index in [9.17, 15) is 9.59 Å². The molecule has 0 atom stereocenters. The Morgan fingerprint density at radius 1 is 0.929 bits per heavy atom. The zero-order valence-electron chi connectivity index (χ0n) is 6.65. The second-order valence-corrected chi connectivity index (χ2v) is 2.17. The number of rotatable bonds is 2. The smallest absolute Gasteiger partial charge is 0.188 e. The van der Waals surface area contributed by atoms with Gasteiger partial charge in [0.1, 0.15) is 0 Å². The highest BCUT2D eigenvalue weighted by Crippen LogP contribution is 2.13. The van der Waals surface area contributed by atoms with Crippen LogP contribution in [0.1, 0.15) is 0 Å². The molecule has 68 valence electrons. The standard InChI is InChI=1S/C6H2N6O2/c7-11-9-3-1-5(13)4(10-12-8)2-6(3)14/h1-2H. The number of carbonyl (C=O) groups excluding carboxylic acids is 2. The predicted molar refractivity (Wildman–Crippen MR) is 44.5 cm³/mol. The van der Waals surface area contributed by atoms with Crippen molar-refractivity contribution in [2.24, 2.45) is 10.2 Å². The first-order valence-electron chi connectivity index (χ1n) is 3.31. The minimum absolute atomic E-state index is 0.311. The fourth-order valence-corrected chi connectivity index (χ4v) is 0.791. The van der Waals surface area contributed by atoms with Crippen molar-refractivity contribution >= 4 is 11.6 Å². The molecular weight excluding hydrogens is 188 g/mol. The van der Waals surface area contributed by atoms with E-state index in [1.54, 1.807) is 0 Å². The van der Waals surface area contributed by atoms with E-state index in [0.29, 0.717) is 0 Å². The van der Waals surface area contributed by atoms with E-state index in [0.717, 1.165) is 12.2 Å². The summed E-state index contributed by atoms with van der Waals surface area (Å²) in [7, 11) is 0. The van der Waals surface area contributed by atoms with E-state index in [1.165, 1.54) is 0 Å². The van der Waals surface area contributed by atoms with Gasteiger partial charge in [0, 0.05) is 9.82 Å². The van der Waals surface area contributed by atoms with E-state index < -0.39 is 11.6 Å². The van der Waals surface area contributed by atoms with Crippen LogP contribution in [0.5, 0.6) is 0 Å². The Morgan fingerprint density at radius 2 is 1.29 bits per heavy atom. The van der Waals surface area contributed by atoms with Gasteiger partial charge in [0.15, 0.2) is 11.6 Å². The first kappa shape index (κ1) is 9.53. The van der Waals surface area contributed by atoms with Gasteiger partial charge in [-0.3, -0.25) is 9.59 Å². The summed E-state index contributed by atoms with van der Waals surface area (Å²) >= 11 is 0. The Hall–Kier alpha value is -2.56. The van der Waals surface area contributed by atoms with Gasteiger partial charge in [-0.1, -0.05) is 10.2 Å². The molecule has 0 saturated carbocycles. The van der Waals surface area contributed by atoms with Crippen LogP contribution in [0.3, 0.4) is 0 Å². The van der Waals surface area contributed by atoms with Crippen molar-refractivity contribution in [3.05, 3.63) is 44.4 Å². The van der Waals surface area contributed by atoms with Crippen LogP contribution in [0.2, 0.25) is 0 Å². The molecule has 0 aromatic rings. The zero-order valence-corrected chi connectivity index (χ0v) is 6.65. The van der Waals surface area contributed by atoms with Gasteiger partial charge < -0.3 is 0 Å². The lowest BCUT2D eigenvalue weighted by molar-refractivity contribution is -0.115. The molecule has 0 radical (unpaired) electrons. The molecule has 1 aliphatic rings. The summed E-state index contributed by atoms with van der Waals surface area (Å²) in [5.74, 6) is -1.32. The van der Waals surface area contributed by atoms with Crippen LogP contribution >= 0.6 is 0 Å². The summed E-state index contributed by atoms with van der Waals surface area (Å²) in [6.07, 6.45) is 1.65. The Kier molecular flexibility index (Phi) is 2.66. The molecule has 0 aromatic carbocycles. The number of azide groups is 2. The first-order valence-corrected chi connectivity index (χ1v) is 3.31. The molecule has 8 heteroatoms. The molecule has 1 aliphatic carbocycles. The summed E-state index contributed by atoms with van der Waals surface area (Å²) < 4.78 is 0. The zero-order chi connectivity index (χ0) is 10.6. The van der Waals surface area contributed by atoms with Gasteiger partial charge in [0.2, 0.25) is 0 Å². The maximum atomic E-state index is 11.1. The van der Waals surface area contributed by atoms with Gasteiger partial charge in [0.25, 0.3) is 0 Å². The van der Waals surface area contributed by atoms with E-state index in [1.807, 2.05) is 0 Å².